The first-order valence-electron chi connectivity index (χ1n) is 9.62. The van der Waals surface area contributed by atoms with Crippen LogP contribution < -0.4 is 5.56 Å². The van der Waals surface area contributed by atoms with E-state index in [0.717, 1.165) is 5.56 Å². The van der Waals surface area contributed by atoms with Crippen molar-refractivity contribution in [3.63, 3.8) is 0 Å². The Morgan fingerprint density at radius 1 is 1.19 bits per heavy atom. The first kappa shape index (κ1) is 21.6. The molecular weight excluding hydrogens is 438 g/mol. The van der Waals surface area contributed by atoms with Gasteiger partial charge in [0.25, 0.3) is 11.2 Å². The van der Waals surface area contributed by atoms with Crippen LogP contribution in [0.25, 0.3) is 16.7 Å². The standard InChI is InChI=1S/C21H18ClN5O5/c22-17-6-2-1-5-14(17)11-32-12-15(28)10-25-13-23-20-16(21(25)29)9-24-26(20)18-7-3-4-8-19(18)27(30)31/h1-9,13,15,28H,10-12H2. The van der Waals surface area contributed by atoms with Crippen LogP contribution in [0.2, 0.25) is 5.02 Å². The van der Waals surface area contributed by atoms with E-state index in [2.05, 4.69) is 10.1 Å². The number of aromatic nitrogens is 4. The van der Waals surface area contributed by atoms with E-state index >= 15 is 0 Å². The minimum atomic E-state index is -0.959. The molecule has 2 aromatic carbocycles. The number of aliphatic hydroxyl groups excluding tert-OH is 1. The first-order valence-corrected chi connectivity index (χ1v) is 9.99. The summed E-state index contributed by atoms with van der Waals surface area (Å²) >= 11 is 6.08. The Morgan fingerprint density at radius 2 is 1.94 bits per heavy atom. The number of fused-ring (bicyclic) bond motifs is 1. The van der Waals surface area contributed by atoms with Gasteiger partial charge in [-0.05, 0) is 17.7 Å². The highest BCUT2D eigenvalue weighted by molar-refractivity contribution is 6.31. The molecule has 10 nitrogen and oxygen atoms in total. The summed E-state index contributed by atoms with van der Waals surface area (Å²) in [6.07, 6.45) is 1.62. The molecule has 11 heteroatoms. The number of halogens is 1. The van der Waals surface area contributed by atoms with Gasteiger partial charge in [-0.3, -0.25) is 19.5 Å². The van der Waals surface area contributed by atoms with E-state index in [1.54, 1.807) is 18.2 Å². The van der Waals surface area contributed by atoms with Crippen LogP contribution in [0.5, 0.6) is 0 Å². The molecular formula is C21H18ClN5O5. The molecule has 0 radical (unpaired) electrons. The van der Waals surface area contributed by atoms with Crippen molar-refractivity contribution >= 4 is 28.3 Å². The molecule has 164 valence electrons. The summed E-state index contributed by atoms with van der Waals surface area (Å²) in [5, 5.41) is 26.5. The number of ether oxygens (including phenoxy) is 1. The van der Waals surface area contributed by atoms with Crippen molar-refractivity contribution in [2.45, 2.75) is 19.3 Å². The van der Waals surface area contributed by atoms with Crippen LogP contribution in [0, 0.1) is 10.1 Å². The smallest absolute Gasteiger partial charge is 0.294 e. The van der Waals surface area contributed by atoms with Crippen molar-refractivity contribution in [1.29, 1.82) is 0 Å². The van der Waals surface area contributed by atoms with Crippen LogP contribution in [-0.4, -0.2) is 42.1 Å². The molecule has 1 N–H and O–H groups in total. The Bertz CT molecular complexity index is 1340. The van der Waals surface area contributed by atoms with E-state index in [1.807, 2.05) is 18.2 Å². The molecule has 4 rings (SSSR count). The molecule has 1 unspecified atom stereocenters. The lowest BCUT2D eigenvalue weighted by Crippen LogP contribution is -2.29. The Morgan fingerprint density at radius 3 is 2.72 bits per heavy atom. The molecule has 0 amide bonds. The summed E-state index contributed by atoms with van der Waals surface area (Å²) in [6.45, 7) is 0.178. The zero-order valence-electron chi connectivity index (χ0n) is 16.7. The fourth-order valence-electron chi connectivity index (χ4n) is 3.25. The number of nitrogens with zero attached hydrogens (tertiary/aromatic N) is 5. The fourth-order valence-corrected chi connectivity index (χ4v) is 3.44. The van der Waals surface area contributed by atoms with Gasteiger partial charge in [-0.15, -0.1) is 0 Å². The monoisotopic (exact) mass is 455 g/mol. The number of rotatable bonds is 8. The topological polar surface area (TPSA) is 125 Å². The Hall–Kier alpha value is -3.60. The predicted molar refractivity (Wildman–Crippen MR) is 117 cm³/mol. The number of nitro groups is 1. The Kier molecular flexibility index (Phi) is 6.26. The highest BCUT2D eigenvalue weighted by atomic mass is 35.5. The van der Waals surface area contributed by atoms with E-state index in [-0.39, 0.29) is 42.2 Å². The normalized spacial score (nSPS) is 12.2. The molecule has 32 heavy (non-hydrogen) atoms. The van der Waals surface area contributed by atoms with E-state index in [9.17, 15) is 20.0 Å². The van der Waals surface area contributed by atoms with Gasteiger partial charge in [0.1, 0.15) is 17.4 Å². The first-order chi connectivity index (χ1) is 15.5. The highest BCUT2D eigenvalue weighted by Crippen LogP contribution is 2.24. The molecule has 4 aromatic rings. The number of hydrogen-bond acceptors (Lipinski definition) is 7. The average Bonchev–Trinajstić information content (AvgIpc) is 3.22. The third-order valence-corrected chi connectivity index (χ3v) is 5.16. The van der Waals surface area contributed by atoms with Gasteiger partial charge in [-0.2, -0.15) is 5.10 Å². The van der Waals surface area contributed by atoms with Crippen LogP contribution in [0.3, 0.4) is 0 Å². The van der Waals surface area contributed by atoms with Crippen molar-refractivity contribution in [3.8, 4) is 5.69 Å². The molecule has 0 bridgehead atoms. The van der Waals surface area contributed by atoms with Gasteiger partial charge in [0.05, 0.1) is 37.0 Å². The van der Waals surface area contributed by atoms with Crippen LogP contribution in [-0.2, 0) is 17.9 Å². The predicted octanol–water partition coefficient (Wildman–Crippen LogP) is 2.72. The Labute approximate surface area is 186 Å². The van der Waals surface area contributed by atoms with Crippen molar-refractivity contribution in [2.24, 2.45) is 0 Å². The van der Waals surface area contributed by atoms with Gasteiger partial charge >= 0.3 is 0 Å². The van der Waals surface area contributed by atoms with Gasteiger partial charge in [0.2, 0.25) is 0 Å². The summed E-state index contributed by atoms with van der Waals surface area (Å²) < 4.78 is 8.01. The lowest BCUT2D eigenvalue weighted by molar-refractivity contribution is -0.384. The molecule has 2 heterocycles. The van der Waals surface area contributed by atoms with Gasteiger partial charge in [-0.25, -0.2) is 9.67 Å². The van der Waals surface area contributed by atoms with Crippen LogP contribution in [0.1, 0.15) is 5.56 Å². The molecule has 0 saturated carbocycles. The van der Waals surface area contributed by atoms with Gasteiger partial charge < -0.3 is 9.84 Å². The maximum atomic E-state index is 12.8. The van der Waals surface area contributed by atoms with Gasteiger partial charge in [0.15, 0.2) is 5.65 Å². The maximum Gasteiger partial charge on any atom is 0.294 e. The number of para-hydroxylation sites is 2. The van der Waals surface area contributed by atoms with Crippen LogP contribution in [0.15, 0.2) is 65.8 Å². The number of benzene rings is 2. The second-order valence-corrected chi connectivity index (χ2v) is 7.41. The number of nitro benzene ring substituents is 1. The van der Waals surface area contributed by atoms with Gasteiger partial charge in [0, 0.05) is 11.1 Å². The summed E-state index contributed by atoms with van der Waals surface area (Å²) in [5.74, 6) is 0. The SMILES string of the molecule is O=c1c2cnn(-c3ccccc3[N+](=O)[O-])c2ncn1CC(O)COCc1ccccc1Cl. The molecule has 0 spiro atoms. The third-order valence-electron chi connectivity index (χ3n) is 4.79. The average molecular weight is 456 g/mol. The molecule has 0 fully saturated rings. The minimum absolute atomic E-state index is 0.00876. The van der Waals surface area contributed by atoms with Crippen molar-refractivity contribution < 1.29 is 14.8 Å². The molecule has 0 aliphatic carbocycles. The summed E-state index contributed by atoms with van der Waals surface area (Å²) in [5.41, 5.74) is 0.596. The molecule has 0 aliphatic heterocycles. The second kappa shape index (κ2) is 9.27. The summed E-state index contributed by atoms with van der Waals surface area (Å²) in [7, 11) is 0. The quantitative estimate of drug-likeness (QED) is 0.320. The Balaban J connectivity index is 1.51. The van der Waals surface area contributed by atoms with E-state index in [0.29, 0.717) is 5.02 Å². The summed E-state index contributed by atoms with van der Waals surface area (Å²) in [6, 6.07) is 13.3. The zero-order chi connectivity index (χ0) is 22.7. The lowest BCUT2D eigenvalue weighted by atomic mass is 10.2. The summed E-state index contributed by atoms with van der Waals surface area (Å²) in [4.78, 5) is 27.9. The second-order valence-electron chi connectivity index (χ2n) is 7.00. The maximum absolute atomic E-state index is 12.8. The molecule has 1 atom stereocenters. The van der Waals surface area contributed by atoms with Crippen molar-refractivity contribution in [1.82, 2.24) is 19.3 Å². The minimum Gasteiger partial charge on any atom is -0.389 e. The fraction of sp³-hybridized carbons (Fsp3) is 0.190. The van der Waals surface area contributed by atoms with E-state index < -0.39 is 16.6 Å². The number of hydrogen-bond donors (Lipinski definition) is 1. The van der Waals surface area contributed by atoms with E-state index in [4.69, 9.17) is 16.3 Å². The van der Waals surface area contributed by atoms with E-state index in [1.165, 1.54) is 33.9 Å². The largest absolute Gasteiger partial charge is 0.389 e. The van der Waals surface area contributed by atoms with Crippen LogP contribution >= 0.6 is 11.6 Å². The van der Waals surface area contributed by atoms with Crippen LogP contribution in [0.4, 0.5) is 5.69 Å². The lowest BCUT2D eigenvalue weighted by Gasteiger charge is -2.13. The highest BCUT2D eigenvalue weighted by Gasteiger charge is 2.19. The molecule has 0 saturated heterocycles. The van der Waals surface area contributed by atoms with Crippen molar-refractivity contribution in [3.05, 3.63) is 92.1 Å². The zero-order valence-corrected chi connectivity index (χ0v) is 17.4. The third kappa shape index (κ3) is 4.37. The number of aliphatic hydroxyl groups is 1. The van der Waals surface area contributed by atoms with Crippen molar-refractivity contribution in [2.75, 3.05) is 6.61 Å². The van der Waals surface area contributed by atoms with Gasteiger partial charge in [-0.1, -0.05) is 41.9 Å². The molecule has 0 aliphatic rings. The molecule has 2 aromatic heterocycles.